The highest BCUT2D eigenvalue weighted by molar-refractivity contribution is 5.81. The Morgan fingerprint density at radius 3 is 2.31 bits per heavy atom. The van der Waals surface area contributed by atoms with Crippen molar-refractivity contribution in [2.45, 2.75) is 44.1 Å². The van der Waals surface area contributed by atoms with E-state index in [-0.39, 0.29) is 11.6 Å². The van der Waals surface area contributed by atoms with E-state index in [1.165, 1.54) is 25.3 Å². The van der Waals surface area contributed by atoms with Crippen LogP contribution in [0.15, 0.2) is 12.7 Å². The minimum atomic E-state index is -0.250. The first kappa shape index (κ1) is 8.79. The quantitative estimate of drug-likeness (QED) is 0.482. The number of esters is 1. The van der Waals surface area contributed by atoms with Gasteiger partial charge < -0.3 is 4.74 Å². The van der Waals surface area contributed by atoms with Crippen LogP contribution in [0.4, 0.5) is 0 Å². The summed E-state index contributed by atoms with van der Waals surface area (Å²) >= 11 is 0. The van der Waals surface area contributed by atoms with E-state index in [2.05, 4.69) is 6.58 Å². The third-order valence-electron chi connectivity index (χ3n) is 3.51. The van der Waals surface area contributed by atoms with Gasteiger partial charge in [-0.15, -0.1) is 0 Å². The van der Waals surface area contributed by atoms with Crippen molar-refractivity contribution in [2.24, 2.45) is 5.92 Å². The summed E-state index contributed by atoms with van der Waals surface area (Å²) in [5, 5.41) is 0. The molecular weight excluding hydrogens is 164 g/mol. The van der Waals surface area contributed by atoms with Gasteiger partial charge >= 0.3 is 5.97 Å². The molecule has 3 aliphatic rings. The normalized spacial score (nSPS) is 37.1. The lowest BCUT2D eigenvalue weighted by Gasteiger charge is -2.45. The molecule has 3 fully saturated rings. The zero-order valence-corrected chi connectivity index (χ0v) is 7.92. The van der Waals surface area contributed by atoms with Gasteiger partial charge in [0.2, 0.25) is 0 Å². The topological polar surface area (TPSA) is 26.3 Å². The van der Waals surface area contributed by atoms with E-state index in [9.17, 15) is 4.79 Å². The average molecular weight is 180 g/mol. The lowest BCUT2D eigenvalue weighted by atomic mass is 9.68. The predicted molar refractivity (Wildman–Crippen MR) is 50.2 cm³/mol. The maximum Gasteiger partial charge on any atom is 0.330 e. The molecule has 0 spiro atoms. The molecule has 0 heterocycles. The van der Waals surface area contributed by atoms with E-state index in [1.54, 1.807) is 0 Å². The van der Waals surface area contributed by atoms with Crippen molar-refractivity contribution in [1.29, 1.82) is 0 Å². The second-order valence-corrected chi connectivity index (χ2v) is 4.29. The number of rotatable bonds is 2. The van der Waals surface area contributed by atoms with Gasteiger partial charge in [-0.05, 0) is 44.4 Å². The molecule has 13 heavy (non-hydrogen) atoms. The number of carbonyl (C=O) groups excluding carboxylic acids is 1. The summed E-state index contributed by atoms with van der Waals surface area (Å²) in [5.41, 5.74) is -0.111. The molecule has 0 aromatic rings. The van der Waals surface area contributed by atoms with Crippen LogP contribution in [-0.2, 0) is 9.53 Å². The minimum absolute atomic E-state index is 0.111. The van der Waals surface area contributed by atoms with Gasteiger partial charge in [-0.25, -0.2) is 4.79 Å². The van der Waals surface area contributed by atoms with Crippen LogP contribution in [0.1, 0.15) is 38.5 Å². The van der Waals surface area contributed by atoms with Crippen LogP contribution in [0.3, 0.4) is 0 Å². The van der Waals surface area contributed by atoms with E-state index < -0.39 is 0 Å². The molecule has 3 aliphatic carbocycles. The Labute approximate surface area is 79.0 Å². The highest BCUT2D eigenvalue weighted by Gasteiger charge is 2.42. The van der Waals surface area contributed by atoms with Crippen molar-refractivity contribution in [3.05, 3.63) is 12.7 Å². The van der Waals surface area contributed by atoms with Gasteiger partial charge in [0.05, 0.1) is 0 Å². The number of fused-ring (bicyclic) bond motifs is 3. The van der Waals surface area contributed by atoms with E-state index in [4.69, 9.17) is 4.74 Å². The van der Waals surface area contributed by atoms with Crippen molar-refractivity contribution in [2.75, 3.05) is 0 Å². The summed E-state index contributed by atoms with van der Waals surface area (Å²) in [6, 6.07) is 0. The summed E-state index contributed by atoms with van der Waals surface area (Å²) < 4.78 is 5.46. The Kier molecular flexibility index (Phi) is 2.14. The monoisotopic (exact) mass is 180 g/mol. The molecule has 0 aromatic carbocycles. The third kappa shape index (κ3) is 1.62. The average Bonchev–Trinajstić information content (AvgIpc) is 2.20. The second kappa shape index (κ2) is 3.17. The minimum Gasteiger partial charge on any atom is -0.456 e. The summed E-state index contributed by atoms with van der Waals surface area (Å²) in [7, 11) is 0. The van der Waals surface area contributed by atoms with Gasteiger partial charge in [0.25, 0.3) is 0 Å². The zero-order valence-electron chi connectivity index (χ0n) is 7.92. The first-order chi connectivity index (χ1) is 6.24. The van der Waals surface area contributed by atoms with E-state index in [0.717, 1.165) is 25.2 Å². The molecular formula is C11H16O2. The van der Waals surface area contributed by atoms with Crippen LogP contribution in [0.5, 0.6) is 0 Å². The molecule has 2 nitrogen and oxygen atoms in total. The van der Waals surface area contributed by atoms with E-state index >= 15 is 0 Å². The maximum atomic E-state index is 11.1. The van der Waals surface area contributed by atoms with Gasteiger partial charge in [0, 0.05) is 6.08 Å². The summed E-state index contributed by atoms with van der Waals surface area (Å²) in [4.78, 5) is 11.1. The number of ether oxygens (including phenoxy) is 1. The molecule has 0 amide bonds. The van der Waals surface area contributed by atoms with Gasteiger partial charge in [-0.1, -0.05) is 6.58 Å². The fraction of sp³-hybridized carbons (Fsp3) is 0.727. The number of carbonyl (C=O) groups is 1. The maximum absolute atomic E-state index is 11.1. The van der Waals surface area contributed by atoms with Crippen LogP contribution in [0, 0.1) is 5.92 Å². The molecule has 0 aromatic heterocycles. The van der Waals surface area contributed by atoms with Crippen LogP contribution in [0.25, 0.3) is 0 Å². The lowest BCUT2D eigenvalue weighted by molar-refractivity contribution is -0.164. The first-order valence-electron chi connectivity index (χ1n) is 5.09. The predicted octanol–water partition coefficient (Wildman–Crippen LogP) is 2.44. The molecule has 2 bridgehead atoms. The van der Waals surface area contributed by atoms with Crippen LogP contribution >= 0.6 is 0 Å². The Morgan fingerprint density at radius 2 is 1.85 bits per heavy atom. The molecule has 0 atom stereocenters. The van der Waals surface area contributed by atoms with Gasteiger partial charge in [-0.2, -0.15) is 0 Å². The van der Waals surface area contributed by atoms with Gasteiger partial charge in [0.1, 0.15) is 5.60 Å². The summed E-state index contributed by atoms with van der Waals surface area (Å²) in [6.07, 6.45) is 8.19. The van der Waals surface area contributed by atoms with Gasteiger partial charge in [-0.3, -0.25) is 0 Å². The third-order valence-corrected chi connectivity index (χ3v) is 3.51. The second-order valence-electron chi connectivity index (χ2n) is 4.29. The highest BCUT2D eigenvalue weighted by Crippen LogP contribution is 2.46. The van der Waals surface area contributed by atoms with E-state index in [0.29, 0.717) is 0 Å². The highest BCUT2D eigenvalue weighted by atomic mass is 16.6. The van der Waals surface area contributed by atoms with Gasteiger partial charge in [0.15, 0.2) is 0 Å². The zero-order chi connectivity index (χ0) is 9.31. The molecule has 2 heteroatoms. The molecule has 0 radical (unpaired) electrons. The molecule has 0 N–H and O–H groups in total. The van der Waals surface area contributed by atoms with E-state index in [1.807, 2.05) is 0 Å². The molecule has 3 rings (SSSR count). The lowest BCUT2D eigenvalue weighted by Crippen LogP contribution is -2.43. The van der Waals surface area contributed by atoms with Crippen molar-refractivity contribution in [3.8, 4) is 0 Å². The Bertz CT molecular complexity index is 210. The van der Waals surface area contributed by atoms with Crippen molar-refractivity contribution < 1.29 is 9.53 Å². The van der Waals surface area contributed by atoms with Crippen molar-refractivity contribution in [1.82, 2.24) is 0 Å². The standard InChI is InChI=1S/C11H16O2/c1-2-10(12)13-11-6-3-9(4-7-11)5-8-11/h2,9H,1,3-8H2. The number of hydrogen-bond acceptors (Lipinski definition) is 2. The number of hydrogen-bond donors (Lipinski definition) is 0. The SMILES string of the molecule is C=CC(=O)OC12CCC(CC1)CC2. The molecule has 0 saturated heterocycles. The summed E-state index contributed by atoms with van der Waals surface area (Å²) in [6.45, 7) is 3.43. The van der Waals surface area contributed by atoms with Crippen molar-refractivity contribution in [3.63, 3.8) is 0 Å². The first-order valence-corrected chi connectivity index (χ1v) is 5.09. The molecule has 3 saturated carbocycles. The smallest absolute Gasteiger partial charge is 0.330 e. The molecule has 0 aliphatic heterocycles. The Hall–Kier alpha value is -0.790. The van der Waals surface area contributed by atoms with Crippen LogP contribution in [0.2, 0.25) is 0 Å². The largest absolute Gasteiger partial charge is 0.456 e. The fourth-order valence-electron chi connectivity index (χ4n) is 2.62. The van der Waals surface area contributed by atoms with Crippen LogP contribution in [-0.4, -0.2) is 11.6 Å². The fourth-order valence-corrected chi connectivity index (χ4v) is 2.62. The molecule has 72 valence electrons. The van der Waals surface area contributed by atoms with Crippen LogP contribution < -0.4 is 0 Å². The van der Waals surface area contributed by atoms with Crippen molar-refractivity contribution >= 4 is 5.97 Å². The Morgan fingerprint density at radius 1 is 1.31 bits per heavy atom. The molecule has 0 unspecified atom stereocenters. The summed E-state index contributed by atoms with van der Waals surface area (Å²) in [5.74, 6) is 0.657. The Balaban J connectivity index is 2.02.